The van der Waals surface area contributed by atoms with E-state index in [0.717, 1.165) is 37.0 Å². The summed E-state index contributed by atoms with van der Waals surface area (Å²) in [5.74, 6) is 2.84. The van der Waals surface area contributed by atoms with Crippen molar-refractivity contribution in [2.45, 2.75) is 57.0 Å². The Morgan fingerprint density at radius 3 is 2.69 bits per heavy atom. The molecule has 1 nitrogen and oxygen atoms in total. The highest BCUT2D eigenvalue weighted by molar-refractivity contribution is 4.96. The van der Waals surface area contributed by atoms with Crippen LogP contribution in [-0.2, 0) is 0 Å². The number of rotatable bonds is 0. The quantitative estimate of drug-likeness (QED) is 0.607. The Bertz CT molecular complexity index is 213. The summed E-state index contributed by atoms with van der Waals surface area (Å²) in [7, 11) is 0. The van der Waals surface area contributed by atoms with Gasteiger partial charge in [0.05, 0.1) is 5.60 Å². The predicted molar refractivity (Wildman–Crippen MR) is 52.4 cm³/mol. The second kappa shape index (κ2) is 2.73. The molecule has 1 N–H and O–H groups in total. The minimum atomic E-state index is -0.236. The maximum absolute atomic E-state index is 10.3. The molecule has 3 saturated carbocycles. The molecule has 0 spiro atoms. The molecule has 4 unspecified atom stereocenters. The van der Waals surface area contributed by atoms with E-state index in [4.69, 9.17) is 0 Å². The van der Waals surface area contributed by atoms with Crippen LogP contribution in [0.4, 0.5) is 0 Å². The number of aliphatic hydroxyl groups is 1. The molecule has 3 aliphatic carbocycles. The van der Waals surface area contributed by atoms with Gasteiger partial charge in [0.1, 0.15) is 0 Å². The molecule has 3 aliphatic rings. The molecule has 1 heteroatoms. The van der Waals surface area contributed by atoms with Gasteiger partial charge in [-0.2, -0.15) is 0 Å². The van der Waals surface area contributed by atoms with Gasteiger partial charge in [-0.1, -0.05) is 6.42 Å². The Kier molecular flexibility index (Phi) is 1.74. The zero-order chi connectivity index (χ0) is 8.89. The van der Waals surface area contributed by atoms with Crippen LogP contribution in [0.2, 0.25) is 0 Å². The molecule has 74 valence electrons. The van der Waals surface area contributed by atoms with Gasteiger partial charge in [0.25, 0.3) is 0 Å². The largest absolute Gasteiger partial charge is 0.390 e. The Labute approximate surface area is 80.5 Å². The van der Waals surface area contributed by atoms with Gasteiger partial charge in [-0.25, -0.2) is 0 Å². The van der Waals surface area contributed by atoms with E-state index in [2.05, 4.69) is 0 Å². The average molecular weight is 180 g/mol. The fourth-order valence-corrected chi connectivity index (χ4v) is 4.06. The molecule has 0 aromatic heterocycles. The summed E-state index contributed by atoms with van der Waals surface area (Å²) in [6.07, 6.45) is 10.3. The third kappa shape index (κ3) is 1.32. The molecule has 3 bridgehead atoms. The molecule has 0 heterocycles. The van der Waals surface area contributed by atoms with Crippen LogP contribution in [0.5, 0.6) is 0 Å². The third-order valence-electron chi connectivity index (χ3n) is 4.89. The lowest BCUT2D eigenvalue weighted by Gasteiger charge is -2.42. The zero-order valence-electron chi connectivity index (χ0n) is 8.34. The van der Waals surface area contributed by atoms with Crippen molar-refractivity contribution in [3.8, 4) is 0 Å². The summed E-state index contributed by atoms with van der Waals surface area (Å²) in [6.45, 7) is 0. The Morgan fingerprint density at radius 2 is 1.77 bits per heavy atom. The molecule has 0 radical (unpaired) electrons. The van der Waals surface area contributed by atoms with E-state index in [9.17, 15) is 5.11 Å². The lowest BCUT2D eigenvalue weighted by Crippen LogP contribution is -2.38. The molecule has 3 fully saturated rings. The van der Waals surface area contributed by atoms with Crippen molar-refractivity contribution in [2.24, 2.45) is 17.8 Å². The molecule has 0 aliphatic heterocycles. The molecule has 0 amide bonds. The Morgan fingerprint density at radius 1 is 0.923 bits per heavy atom. The van der Waals surface area contributed by atoms with Crippen molar-refractivity contribution in [2.75, 3.05) is 0 Å². The highest BCUT2D eigenvalue weighted by Crippen LogP contribution is 2.51. The van der Waals surface area contributed by atoms with E-state index in [0.29, 0.717) is 0 Å². The van der Waals surface area contributed by atoms with Gasteiger partial charge in [0, 0.05) is 0 Å². The lowest BCUT2D eigenvalue weighted by atomic mass is 9.66. The summed E-state index contributed by atoms with van der Waals surface area (Å²) >= 11 is 0. The van der Waals surface area contributed by atoms with Crippen LogP contribution < -0.4 is 0 Å². The fourth-order valence-electron chi connectivity index (χ4n) is 4.06. The van der Waals surface area contributed by atoms with Crippen molar-refractivity contribution >= 4 is 0 Å². The van der Waals surface area contributed by atoms with Gasteiger partial charge in [-0.3, -0.25) is 0 Å². The second-order valence-corrected chi connectivity index (χ2v) is 5.71. The first-order valence-corrected chi connectivity index (χ1v) is 5.98. The predicted octanol–water partition coefficient (Wildman–Crippen LogP) is 2.73. The van der Waals surface area contributed by atoms with E-state index in [1.807, 2.05) is 0 Å². The molecule has 0 aromatic rings. The summed E-state index contributed by atoms with van der Waals surface area (Å²) in [6, 6.07) is 0. The lowest BCUT2D eigenvalue weighted by molar-refractivity contribution is -0.0371. The highest BCUT2D eigenvalue weighted by Gasteiger charge is 2.44. The van der Waals surface area contributed by atoms with Crippen LogP contribution in [0.25, 0.3) is 0 Å². The van der Waals surface area contributed by atoms with Crippen molar-refractivity contribution < 1.29 is 5.11 Å². The topological polar surface area (TPSA) is 20.2 Å². The normalized spacial score (nSPS) is 54.7. The third-order valence-corrected chi connectivity index (χ3v) is 4.89. The molecule has 3 rings (SSSR count). The molecule has 13 heavy (non-hydrogen) atoms. The maximum atomic E-state index is 10.3. The van der Waals surface area contributed by atoms with E-state index in [1.165, 1.54) is 32.1 Å². The number of hydrogen-bond acceptors (Lipinski definition) is 1. The van der Waals surface area contributed by atoms with Crippen LogP contribution in [0.3, 0.4) is 0 Å². The first-order chi connectivity index (χ1) is 6.25. The number of hydrogen-bond donors (Lipinski definition) is 1. The number of fused-ring (bicyclic) bond motifs is 2. The van der Waals surface area contributed by atoms with Crippen LogP contribution >= 0.6 is 0 Å². The van der Waals surface area contributed by atoms with Crippen LogP contribution in [0.1, 0.15) is 51.4 Å². The zero-order valence-corrected chi connectivity index (χ0v) is 8.34. The summed E-state index contributed by atoms with van der Waals surface area (Å²) < 4.78 is 0. The summed E-state index contributed by atoms with van der Waals surface area (Å²) in [5, 5.41) is 10.3. The van der Waals surface area contributed by atoms with E-state index in [-0.39, 0.29) is 5.60 Å². The van der Waals surface area contributed by atoms with Crippen LogP contribution in [-0.4, -0.2) is 10.7 Å². The first-order valence-electron chi connectivity index (χ1n) is 5.98. The molecular weight excluding hydrogens is 160 g/mol. The van der Waals surface area contributed by atoms with Gasteiger partial charge >= 0.3 is 0 Å². The summed E-state index contributed by atoms with van der Waals surface area (Å²) in [4.78, 5) is 0. The Balaban J connectivity index is 1.89. The standard InChI is InChI=1S/C12H20O/c13-12-5-3-9-1-2-10(4-6-12)11(7-9)8-12/h9-11,13H,1-8H2. The van der Waals surface area contributed by atoms with Crippen molar-refractivity contribution in [3.05, 3.63) is 0 Å². The van der Waals surface area contributed by atoms with E-state index >= 15 is 0 Å². The minimum Gasteiger partial charge on any atom is -0.390 e. The average Bonchev–Trinajstić information content (AvgIpc) is 2.20. The summed E-state index contributed by atoms with van der Waals surface area (Å²) in [5.41, 5.74) is -0.236. The minimum absolute atomic E-state index is 0.236. The first kappa shape index (κ1) is 8.28. The van der Waals surface area contributed by atoms with Crippen LogP contribution in [0, 0.1) is 17.8 Å². The van der Waals surface area contributed by atoms with Crippen LogP contribution in [0.15, 0.2) is 0 Å². The van der Waals surface area contributed by atoms with E-state index in [1.54, 1.807) is 0 Å². The van der Waals surface area contributed by atoms with E-state index < -0.39 is 0 Å². The monoisotopic (exact) mass is 180 g/mol. The smallest absolute Gasteiger partial charge is 0.0650 e. The van der Waals surface area contributed by atoms with Gasteiger partial charge in [0.2, 0.25) is 0 Å². The molecule has 4 atom stereocenters. The second-order valence-electron chi connectivity index (χ2n) is 5.71. The SMILES string of the molecule is OC12CCC3CCC(CC1)C(C3)C2. The van der Waals surface area contributed by atoms with Crippen molar-refractivity contribution in [1.82, 2.24) is 0 Å². The van der Waals surface area contributed by atoms with Crippen molar-refractivity contribution in [1.29, 1.82) is 0 Å². The van der Waals surface area contributed by atoms with Gasteiger partial charge in [-0.05, 0) is 62.7 Å². The maximum Gasteiger partial charge on any atom is 0.0650 e. The highest BCUT2D eigenvalue weighted by atomic mass is 16.3. The van der Waals surface area contributed by atoms with Gasteiger partial charge in [-0.15, -0.1) is 0 Å². The van der Waals surface area contributed by atoms with Gasteiger partial charge < -0.3 is 5.11 Å². The fraction of sp³-hybridized carbons (Fsp3) is 1.00. The molecule has 0 aromatic carbocycles. The van der Waals surface area contributed by atoms with Crippen molar-refractivity contribution in [3.63, 3.8) is 0 Å². The molecule has 0 saturated heterocycles. The van der Waals surface area contributed by atoms with Gasteiger partial charge in [0.15, 0.2) is 0 Å². The Hall–Kier alpha value is -0.0400. The molecular formula is C12H20O.